The Balaban J connectivity index is 2.05. The number of aromatic nitrogens is 2. The van der Waals surface area contributed by atoms with Crippen LogP contribution in [0.4, 0.5) is 0 Å². The topological polar surface area (TPSA) is 49.8 Å². The molecule has 0 amide bonds. The van der Waals surface area contributed by atoms with Crippen molar-refractivity contribution in [3.8, 4) is 0 Å². The summed E-state index contributed by atoms with van der Waals surface area (Å²) in [6, 6.07) is 0. The standard InChI is InChI=1S/C12H22N4/c1-10(2)6-13-4-5-14-8-12-9-15-11(3)7-16-12/h7,9-10,13-14H,4-6,8H2,1-3H3. The van der Waals surface area contributed by atoms with Gasteiger partial charge in [0.05, 0.1) is 11.4 Å². The number of hydrogen-bond donors (Lipinski definition) is 2. The molecule has 1 rings (SSSR count). The number of aryl methyl sites for hydroxylation is 1. The molecule has 0 atom stereocenters. The third-order valence-corrected chi connectivity index (χ3v) is 2.17. The smallest absolute Gasteiger partial charge is 0.0724 e. The number of rotatable bonds is 7. The summed E-state index contributed by atoms with van der Waals surface area (Å²) < 4.78 is 0. The number of nitrogens with zero attached hydrogens (tertiary/aromatic N) is 2. The first-order valence-electron chi connectivity index (χ1n) is 5.87. The first-order chi connectivity index (χ1) is 7.68. The fraction of sp³-hybridized carbons (Fsp3) is 0.667. The van der Waals surface area contributed by atoms with Crippen molar-refractivity contribution >= 4 is 0 Å². The van der Waals surface area contributed by atoms with Crippen molar-refractivity contribution in [3.05, 3.63) is 23.8 Å². The van der Waals surface area contributed by atoms with Crippen LogP contribution in [0.2, 0.25) is 0 Å². The molecular weight excluding hydrogens is 200 g/mol. The molecule has 0 aliphatic rings. The summed E-state index contributed by atoms with van der Waals surface area (Å²) in [7, 11) is 0. The first-order valence-corrected chi connectivity index (χ1v) is 5.87. The van der Waals surface area contributed by atoms with Crippen molar-refractivity contribution in [2.45, 2.75) is 27.3 Å². The lowest BCUT2D eigenvalue weighted by molar-refractivity contribution is 0.534. The molecule has 4 nitrogen and oxygen atoms in total. The van der Waals surface area contributed by atoms with Gasteiger partial charge in [-0.3, -0.25) is 9.97 Å². The minimum absolute atomic E-state index is 0.711. The van der Waals surface area contributed by atoms with Crippen LogP contribution in [0.25, 0.3) is 0 Å². The van der Waals surface area contributed by atoms with Gasteiger partial charge in [-0.1, -0.05) is 13.8 Å². The van der Waals surface area contributed by atoms with Gasteiger partial charge in [0, 0.05) is 32.0 Å². The highest BCUT2D eigenvalue weighted by Crippen LogP contribution is 1.92. The molecule has 0 radical (unpaired) electrons. The maximum absolute atomic E-state index is 4.28. The van der Waals surface area contributed by atoms with E-state index < -0.39 is 0 Å². The van der Waals surface area contributed by atoms with Crippen LogP contribution in [0.15, 0.2) is 12.4 Å². The predicted octanol–water partition coefficient (Wildman–Crippen LogP) is 1.12. The normalized spacial score (nSPS) is 11.0. The highest BCUT2D eigenvalue weighted by Gasteiger charge is 1.95. The van der Waals surface area contributed by atoms with E-state index in [1.165, 1.54) is 0 Å². The average Bonchev–Trinajstić information content (AvgIpc) is 2.25. The molecule has 0 spiro atoms. The Morgan fingerprint density at radius 2 is 1.88 bits per heavy atom. The van der Waals surface area contributed by atoms with E-state index in [1.807, 2.05) is 13.1 Å². The van der Waals surface area contributed by atoms with Gasteiger partial charge >= 0.3 is 0 Å². The van der Waals surface area contributed by atoms with Crippen molar-refractivity contribution in [1.82, 2.24) is 20.6 Å². The molecule has 0 saturated carbocycles. The van der Waals surface area contributed by atoms with Crippen molar-refractivity contribution in [2.24, 2.45) is 5.92 Å². The maximum Gasteiger partial charge on any atom is 0.0724 e. The minimum Gasteiger partial charge on any atom is -0.315 e. The molecule has 16 heavy (non-hydrogen) atoms. The number of hydrogen-bond acceptors (Lipinski definition) is 4. The molecule has 0 aromatic carbocycles. The van der Waals surface area contributed by atoms with Crippen molar-refractivity contribution in [2.75, 3.05) is 19.6 Å². The van der Waals surface area contributed by atoms with E-state index >= 15 is 0 Å². The van der Waals surface area contributed by atoms with Crippen LogP contribution in [0.1, 0.15) is 25.2 Å². The second kappa shape index (κ2) is 7.30. The molecule has 2 N–H and O–H groups in total. The van der Waals surface area contributed by atoms with Gasteiger partial charge in [0.15, 0.2) is 0 Å². The molecule has 0 bridgehead atoms. The van der Waals surface area contributed by atoms with Crippen LogP contribution in [-0.2, 0) is 6.54 Å². The molecule has 1 heterocycles. The average molecular weight is 222 g/mol. The summed E-state index contributed by atoms with van der Waals surface area (Å²) in [6.45, 7) is 10.2. The van der Waals surface area contributed by atoms with Gasteiger partial charge in [-0.05, 0) is 19.4 Å². The minimum atomic E-state index is 0.711. The lowest BCUT2D eigenvalue weighted by Gasteiger charge is -2.08. The quantitative estimate of drug-likeness (QED) is 0.679. The second-order valence-electron chi connectivity index (χ2n) is 4.42. The van der Waals surface area contributed by atoms with Crippen LogP contribution in [0, 0.1) is 12.8 Å². The summed E-state index contributed by atoms with van der Waals surface area (Å²) in [6.07, 6.45) is 3.62. The number of nitrogens with one attached hydrogen (secondary N) is 2. The fourth-order valence-electron chi connectivity index (χ4n) is 1.29. The van der Waals surface area contributed by atoms with Crippen LogP contribution in [0.5, 0.6) is 0 Å². The van der Waals surface area contributed by atoms with Gasteiger partial charge in [0.1, 0.15) is 0 Å². The van der Waals surface area contributed by atoms with Gasteiger partial charge in [0.2, 0.25) is 0 Å². The largest absolute Gasteiger partial charge is 0.315 e. The van der Waals surface area contributed by atoms with Gasteiger partial charge in [-0.25, -0.2) is 0 Å². The second-order valence-corrected chi connectivity index (χ2v) is 4.42. The van der Waals surface area contributed by atoms with Crippen LogP contribution in [0.3, 0.4) is 0 Å². The van der Waals surface area contributed by atoms with E-state index in [0.717, 1.165) is 37.6 Å². The van der Waals surface area contributed by atoms with E-state index in [0.29, 0.717) is 5.92 Å². The Morgan fingerprint density at radius 3 is 2.50 bits per heavy atom. The zero-order chi connectivity index (χ0) is 11.8. The van der Waals surface area contributed by atoms with Crippen LogP contribution >= 0.6 is 0 Å². The summed E-state index contributed by atoms with van der Waals surface area (Å²) in [4.78, 5) is 8.48. The van der Waals surface area contributed by atoms with E-state index in [-0.39, 0.29) is 0 Å². The molecule has 0 unspecified atom stereocenters. The summed E-state index contributed by atoms with van der Waals surface area (Å²) in [5.74, 6) is 0.711. The third-order valence-electron chi connectivity index (χ3n) is 2.17. The Kier molecular flexibility index (Phi) is 5.96. The SMILES string of the molecule is Cc1cnc(CNCCNCC(C)C)cn1. The Bertz CT molecular complexity index is 282. The molecule has 0 aliphatic carbocycles. The first kappa shape index (κ1) is 13.1. The molecule has 4 heteroatoms. The molecule has 0 saturated heterocycles. The van der Waals surface area contributed by atoms with Crippen molar-refractivity contribution in [1.29, 1.82) is 0 Å². The predicted molar refractivity (Wildman–Crippen MR) is 66.2 cm³/mol. The lowest BCUT2D eigenvalue weighted by atomic mass is 10.2. The zero-order valence-corrected chi connectivity index (χ0v) is 10.5. The van der Waals surface area contributed by atoms with E-state index in [4.69, 9.17) is 0 Å². The monoisotopic (exact) mass is 222 g/mol. The van der Waals surface area contributed by atoms with Gasteiger partial charge in [-0.2, -0.15) is 0 Å². The zero-order valence-electron chi connectivity index (χ0n) is 10.5. The lowest BCUT2D eigenvalue weighted by Crippen LogP contribution is -2.29. The molecule has 0 aliphatic heterocycles. The van der Waals surface area contributed by atoms with Gasteiger partial charge < -0.3 is 10.6 Å². The summed E-state index contributed by atoms with van der Waals surface area (Å²) >= 11 is 0. The van der Waals surface area contributed by atoms with Gasteiger partial charge in [0.25, 0.3) is 0 Å². The Morgan fingerprint density at radius 1 is 1.12 bits per heavy atom. The van der Waals surface area contributed by atoms with Crippen LogP contribution in [-0.4, -0.2) is 29.6 Å². The van der Waals surface area contributed by atoms with E-state index in [2.05, 4.69) is 34.4 Å². The van der Waals surface area contributed by atoms with Crippen LogP contribution < -0.4 is 10.6 Å². The molecule has 1 aromatic heterocycles. The summed E-state index contributed by atoms with van der Waals surface area (Å²) in [5, 5.41) is 6.71. The van der Waals surface area contributed by atoms with Crippen molar-refractivity contribution < 1.29 is 0 Å². The fourth-order valence-corrected chi connectivity index (χ4v) is 1.29. The summed E-state index contributed by atoms with van der Waals surface area (Å²) in [5.41, 5.74) is 1.96. The molecule has 0 fully saturated rings. The molecule has 90 valence electrons. The van der Waals surface area contributed by atoms with E-state index in [1.54, 1.807) is 6.20 Å². The molecule has 1 aromatic rings. The highest BCUT2D eigenvalue weighted by atomic mass is 15.0. The Hall–Kier alpha value is -1.00. The maximum atomic E-state index is 4.28. The third kappa shape index (κ3) is 5.78. The van der Waals surface area contributed by atoms with E-state index in [9.17, 15) is 0 Å². The highest BCUT2D eigenvalue weighted by molar-refractivity contribution is 5.00. The molecular formula is C12H22N4. The van der Waals surface area contributed by atoms with Gasteiger partial charge in [-0.15, -0.1) is 0 Å². The van der Waals surface area contributed by atoms with Crippen molar-refractivity contribution in [3.63, 3.8) is 0 Å². The Labute approximate surface area is 97.9 Å².